The second-order valence-corrected chi connectivity index (χ2v) is 4.46. The molecule has 104 valence electrons. The number of nitrogens with zero attached hydrogens (tertiary/aromatic N) is 1. The van der Waals surface area contributed by atoms with Gasteiger partial charge < -0.3 is 15.4 Å². The Hall–Kier alpha value is -1.76. The number of hydrogen-bond donors (Lipinski definition) is 1. The maximum Gasteiger partial charge on any atom is 0.573 e. The molecular formula is C12H13F3N2O2. The first-order chi connectivity index (χ1) is 8.76. The Labute approximate surface area is 107 Å². The van der Waals surface area contributed by atoms with Crippen molar-refractivity contribution >= 4 is 11.6 Å². The Balaban J connectivity index is 2.22. The summed E-state index contributed by atoms with van der Waals surface area (Å²) in [5.41, 5.74) is 6.77. The van der Waals surface area contributed by atoms with Crippen LogP contribution in [0, 0.1) is 6.92 Å². The van der Waals surface area contributed by atoms with E-state index >= 15 is 0 Å². The van der Waals surface area contributed by atoms with Crippen molar-refractivity contribution in [1.82, 2.24) is 0 Å². The zero-order valence-electron chi connectivity index (χ0n) is 10.2. The standard InChI is InChI=1S/C12H13F3N2O2/c1-7-4-9(19-12(13,14)15)2-3-10(7)17-6-8(16)5-11(17)18/h2-4,8H,5-6,16H2,1H3. The highest BCUT2D eigenvalue weighted by Gasteiger charge is 2.32. The molecule has 1 amide bonds. The van der Waals surface area contributed by atoms with E-state index in [0.29, 0.717) is 17.8 Å². The van der Waals surface area contributed by atoms with Crippen LogP contribution < -0.4 is 15.4 Å². The van der Waals surface area contributed by atoms with Crippen molar-refractivity contribution in [3.63, 3.8) is 0 Å². The fourth-order valence-electron chi connectivity index (χ4n) is 2.10. The number of ether oxygens (including phenoxy) is 1. The highest BCUT2D eigenvalue weighted by molar-refractivity contribution is 5.97. The molecule has 7 heteroatoms. The van der Waals surface area contributed by atoms with Crippen LogP contribution in [0.25, 0.3) is 0 Å². The van der Waals surface area contributed by atoms with Gasteiger partial charge in [0, 0.05) is 24.7 Å². The minimum Gasteiger partial charge on any atom is -0.406 e. The third-order valence-electron chi connectivity index (χ3n) is 2.85. The van der Waals surface area contributed by atoms with Gasteiger partial charge >= 0.3 is 6.36 Å². The average molecular weight is 274 g/mol. The number of benzene rings is 1. The number of carbonyl (C=O) groups excluding carboxylic acids is 1. The first-order valence-corrected chi connectivity index (χ1v) is 5.68. The molecule has 0 radical (unpaired) electrons. The largest absolute Gasteiger partial charge is 0.573 e. The summed E-state index contributed by atoms with van der Waals surface area (Å²) in [6.07, 6.45) is -4.47. The Morgan fingerprint density at radius 2 is 2.11 bits per heavy atom. The maximum absolute atomic E-state index is 12.1. The number of alkyl halides is 3. The van der Waals surface area contributed by atoms with Gasteiger partial charge in [-0.25, -0.2) is 0 Å². The predicted molar refractivity (Wildman–Crippen MR) is 62.8 cm³/mol. The van der Waals surface area contributed by atoms with Gasteiger partial charge in [-0.05, 0) is 30.7 Å². The van der Waals surface area contributed by atoms with E-state index in [9.17, 15) is 18.0 Å². The van der Waals surface area contributed by atoms with Gasteiger partial charge in [0.2, 0.25) is 5.91 Å². The summed E-state index contributed by atoms with van der Waals surface area (Å²) in [5, 5.41) is 0. The van der Waals surface area contributed by atoms with Crippen molar-refractivity contribution in [2.45, 2.75) is 25.7 Å². The summed E-state index contributed by atoms with van der Waals surface area (Å²) in [6.45, 7) is 1.99. The van der Waals surface area contributed by atoms with Gasteiger partial charge in [-0.15, -0.1) is 13.2 Å². The van der Waals surface area contributed by atoms with E-state index in [1.807, 2.05) is 0 Å². The van der Waals surface area contributed by atoms with E-state index in [-0.39, 0.29) is 24.1 Å². The number of carbonyl (C=O) groups is 1. The van der Waals surface area contributed by atoms with Crippen LogP contribution in [0.15, 0.2) is 18.2 Å². The van der Waals surface area contributed by atoms with Crippen LogP contribution in [0.1, 0.15) is 12.0 Å². The van der Waals surface area contributed by atoms with Gasteiger partial charge in [-0.2, -0.15) is 0 Å². The van der Waals surface area contributed by atoms with Crippen molar-refractivity contribution in [2.75, 3.05) is 11.4 Å². The van der Waals surface area contributed by atoms with Crippen LogP contribution >= 0.6 is 0 Å². The second kappa shape index (κ2) is 4.73. The highest BCUT2D eigenvalue weighted by atomic mass is 19.4. The molecule has 1 heterocycles. The molecule has 0 aromatic heterocycles. The normalized spacial score (nSPS) is 19.9. The van der Waals surface area contributed by atoms with Crippen LogP contribution in [0.5, 0.6) is 5.75 Å². The quantitative estimate of drug-likeness (QED) is 0.897. The van der Waals surface area contributed by atoms with Gasteiger partial charge in [0.1, 0.15) is 5.75 Å². The monoisotopic (exact) mass is 274 g/mol. The van der Waals surface area contributed by atoms with Gasteiger partial charge in [0.15, 0.2) is 0 Å². The third kappa shape index (κ3) is 3.17. The van der Waals surface area contributed by atoms with Gasteiger partial charge in [0.25, 0.3) is 0 Å². The molecule has 0 bridgehead atoms. The zero-order chi connectivity index (χ0) is 14.2. The molecule has 1 aromatic carbocycles. The summed E-state index contributed by atoms with van der Waals surface area (Å²) in [4.78, 5) is 13.2. The summed E-state index contributed by atoms with van der Waals surface area (Å²) in [5.74, 6) is -0.426. The number of nitrogens with two attached hydrogens (primary N) is 1. The van der Waals surface area contributed by atoms with Crippen molar-refractivity contribution in [3.8, 4) is 5.75 Å². The lowest BCUT2D eigenvalue weighted by molar-refractivity contribution is -0.274. The summed E-state index contributed by atoms with van der Waals surface area (Å²) < 4.78 is 40.1. The Morgan fingerprint density at radius 1 is 1.42 bits per heavy atom. The summed E-state index contributed by atoms with van der Waals surface area (Å²) in [7, 11) is 0. The molecule has 1 saturated heterocycles. The molecule has 0 spiro atoms. The third-order valence-corrected chi connectivity index (χ3v) is 2.85. The molecule has 4 nitrogen and oxygen atoms in total. The molecule has 1 aliphatic rings. The molecule has 1 unspecified atom stereocenters. The van der Waals surface area contributed by atoms with Gasteiger partial charge in [-0.1, -0.05) is 0 Å². The van der Waals surface area contributed by atoms with Crippen molar-refractivity contribution in [2.24, 2.45) is 5.73 Å². The molecule has 2 rings (SSSR count). The molecule has 1 atom stereocenters. The number of anilines is 1. The van der Waals surface area contributed by atoms with Crippen LogP contribution in [0.4, 0.5) is 18.9 Å². The van der Waals surface area contributed by atoms with Crippen LogP contribution in [-0.2, 0) is 4.79 Å². The predicted octanol–water partition coefficient (Wildman–Crippen LogP) is 1.96. The SMILES string of the molecule is Cc1cc(OC(F)(F)F)ccc1N1CC(N)CC1=O. The molecule has 0 aliphatic carbocycles. The van der Waals surface area contributed by atoms with E-state index in [4.69, 9.17) is 5.73 Å². The first kappa shape index (κ1) is 13.7. The Bertz CT molecular complexity index is 502. The summed E-state index contributed by atoms with van der Waals surface area (Å²) >= 11 is 0. The minimum absolute atomic E-state index is 0.125. The fourth-order valence-corrected chi connectivity index (χ4v) is 2.10. The molecule has 2 N–H and O–H groups in total. The van der Waals surface area contributed by atoms with Crippen molar-refractivity contribution in [3.05, 3.63) is 23.8 Å². The van der Waals surface area contributed by atoms with Gasteiger partial charge in [0.05, 0.1) is 0 Å². The Kier molecular flexibility index (Phi) is 3.40. The number of halogens is 3. The molecule has 0 saturated carbocycles. The first-order valence-electron chi connectivity index (χ1n) is 5.68. The van der Waals surface area contributed by atoms with Crippen molar-refractivity contribution < 1.29 is 22.7 Å². The topological polar surface area (TPSA) is 55.6 Å². The number of hydrogen-bond acceptors (Lipinski definition) is 3. The van der Waals surface area contributed by atoms with Crippen LogP contribution in [0.3, 0.4) is 0 Å². The minimum atomic E-state index is -4.72. The van der Waals surface area contributed by atoms with E-state index < -0.39 is 6.36 Å². The van der Waals surface area contributed by atoms with E-state index in [1.165, 1.54) is 23.1 Å². The zero-order valence-corrected chi connectivity index (χ0v) is 10.2. The Morgan fingerprint density at radius 3 is 2.58 bits per heavy atom. The van der Waals surface area contributed by atoms with Crippen LogP contribution in [-0.4, -0.2) is 24.9 Å². The lowest BCUT2D eigenvalue weighted by Gasteiger charge is -2.19. The fraction of sp³-hybridized carbons (Fsp3) is 0.417. The molecule has 1 aromatic rings. The highest BCUT2D eigenvalue weighted by Crippen LogP contribution is 2.30. The lowest BCUT2D eigenvalue weighted by atomic mass is 10.1. The molecule has 1 fully saturated rings. The van der Waals surface area contributed by atoms with Crippen molar-refractivity contribution in [1.29, 1.82) is 0 Å². The smallest absolute Gasteiger partial charge is 0.406 e. The van der Waals surface area contributed by atoms with E-state index in [2.05, 4.69) is 4.74 Å². The molecular weight excluding hydrogens is 261 g/mol. The lowest BCUT2D eigenvalue weighted by Crippen LogP contribution is -2.28. The average Bonchev–Trinajstić information content (AvgIpc) is 2.55. The maximum atomic E-state index is 12.1. The van der Waals surface area contributed by atoms with Crippen LogP contribution in [0.2, 0.25) is 0 Å². The van der Waals surface area contributed by atoms with Gasteiger partial charge in [-0.3, -0.25) is 4.79 Å². The second-order valence-electron chi connectivity index (χ2n) is 4.46. The van der Waals surface area contributed by atoms with E-state index in [0.717, 1.165) is 0 Å². The van der Waals surface area contributed by atoms with E-state index in [1.54, 1.807) is 6.92 Å². The molecule has 1 aliphatic heterocycles. The summed E-state index contributed by atoms with van der Waals surface area (Å²) in [6, 6.07) is 3.64. The number of aryl methyl sites for hydroxylation is 1. The number of amides is 1. The number of rotatable bonds is 2. The molecule has 19 heavy (non-hydrogen) atoms.